The third-order valence-electron chi connectivity index (χ3n) is 2.28. The van der Waals surface area contributed by atoms with Crippen LogP contribution in [0.1, 0.15) is 20.8 Å². The van der Waals surface area contributed by atoms with Crippen molar-refractivity contribution in [2.45, 2.75) is 31.2 Å². The van der Waals surface area contributed by atoms with Gasteiger partial charge in [0.1, 0.15) is 0 Å². The zero-order valence-electron chi connectivity index (χ0n) is 12.2. The molecule has 0 fully saturated rings. The van der Waals surface area contributed by atoms with Crippen LogP contribution in [0.25, 0.3) is 0 Å². The van der Waals surface area contributed by atoms with Gasteiger partial charge in [-0.25, -0.2) is 22.3 Å². The number of urea groups is 1. The Morgan fingerprint density at radius 3 is 2.33 bits per heavy atom. The van der Waals surface area contributed by atoms with Crippen molar-refractivity contribution in [3.05, 3.63) is 17.9 Å². The van der Waals surface area contributed by atoms with Gasteiger partial charge in [-0.15, -0.1) is 0 Å². The first-order valence-corrected chi connectivity index (χ1v) is 7.42. The predicted octanol–water partition coefficient (Wildman–Crippen LogP) is 1.20. The highest BCUT2D eigenvalue weighted by molar-refractivity contribution is 7.90. The number of halogens is 1. The quantitative estimate of drug-likeness (QED) is 0.725. The first kappa shape index (κ1) is 17.0. The number of methoxy groups -OCH3 is 1. The number of anilines is 1. The van der Waals surface area contributed by atoms with E-state index in [0.717, 1.165) is 12.1 Å². The predicted molar refractivity (Wildman–Crippen MR) is 76.0 cm³/mol. The minimum absolute atomic E-state index is 0.186. The normalized spacial score (nSPS) is 11.9. The number of hydrogen-bond donors (Lipinski definition) is 3. The molecule has 0 aliphatic rings. The fourth-order valence-corrected chi connectivity index (χ4v) is 2.46. The topological polar surface area (TPSA) is 111 Å². The van der Waals surface area contributed by atoms with E-state index in [1.54, 1.807) is 25.5 Å². The Labute approximate surface area is 122 Å². The van der Waals surface area contributed by atoms with Crippen molar-refractivity contribution in [3.63, 3.8) is 0 Å². The second-order valence-corrected chi connectivity index (χ2v) is 7.02. The first-order valence-electron chi connectivity index (χ1n) is 5.94. The maximum Gasteiger partial charge on any atom is 0.329 e. The summed E-state index contributed by atoms with van der Waals surface area (Å²) in [4.78, 5) is 11.1. The average molecular weight is 319 g/mol. The molecule has 0 saturated carbocycles. The molecule has 0 bridgehead atoms. The van der Waals surface area contributed by atoms with E-state index >= 15 is 0 Å². The zero-order valence-corrected chi connectivity index (χ0v) is 13.0. The molecular formula is C12H18FN3O4S. The number of rotatable bonds is 3. The number of ether oxygens (including phenoxy) is 1. The number of nitrogens with one attached hydrogen (secondary N) is 2. The molecule has 9 heteroatoms. The Kier molecular flexibility index (Phi) is 4.67. The van der Waals surface area contributed by atoms with Crippen molar-refractivity contribution in [1.29, 1.82) is 0 Å². The summed E-state index contributed by atoms with van der Waals surface area (Å²) in [6.45, 7) is 5.05. The molecule has 118 valence electrons. The summed E-state index contributed by atoms with van der Waals surface area (Å²) in [6, 6.07) is 0.813. The number of carbonyl (C=O) groups is 1. The van der Waals surface area contributed by atoms with E-state index in [1.165, 1.54) is 7.11 Å². The molecule has 0 aliphatic heterocycles. The SMILES string of the molecule is COc1c(N)cc(S(=O)(=O)NC(=O)NC(C)(C)C)cc1F. The molecule has 7 nitrogen and oxygen atoms in total. The molecule has 0 heterocycles. The molecule has 1 rings (SSSR count). The van der Waals surface area contributed by atoms with E-state index in [0.29, 0.717) is 0 Å². The van der Waals surface area contributed by atoms with E-state index in [4.69, 9.17) is 10.5 Å². The van der Waals surface area contributed by atoms with E-state index in [2.05, 4.69) is 5.32 Å². The Morgan fingerprint density at radius 1 is 1.33 bits per heavy atom. The number of sulfonamides is 1. The number of nitrogens with two attached hydrogens (primary N) is 1. The lowest BCUT2D eigenvalue weighted by atomic mass is 10.1. The Balaban J connectivity index is 3.07. The van der Waals surface area contributed by atoms with Crippen molar-refractivity contribution < 1.29 is 22.3 Å². The third kappa shape index (κ3) is 4.48. The van der Waals surface area contributed by atoms with E-state index < -0.39 is 32.3 Å². The molecule has 1 aromatic carbocycles. The molecule has 0 aromatic heterocycles. The van der Waals surface area contributed by atoms with Crippen LogP contribution in [0, 0.1) is 5.82 Å². The molecule has 0 radical (unpaired) electrons. The van der Waals surface area contributed by atoms with Gasteiger partial charge in [-0.05, 0) is 32.9 Å². The highest BCUT2D eigenvalue weighted by Gasteiger charge is 2.23. The van der Waals surface area contributed by atoms with Crippen molar-refractivity contribution in [2.75, 3.05) is 12.8 Å². The monoisotopic (exact) mass is 319 g/mol. The summed E-state index contributed by atoms with van der Waals surface area (Å²) in [6.07, 6.45) is 0. The molecule has 0 spiro atoms. The average Bonchev–Trinajstić information content (AvgIpc) is 2.24. The number of benzene rings is 1. The lowest BCUT2D eigenvalue weighted by Crippen LogP contribution is -2.48. The van der Waals surface area contributed by atoms with Gasteiger partial charge in [-0.2, -0.15) is 0 Å². The van der Waals surface area contributed by atoms with Gasteiger partial charge in [0.2, 0.25) is 0 Å². The number of hydrogen-bond acceptors (Lipinski definition) is 5. The molecule has 0 aliphatic carbocycles. The first-order chi connectivity index (χ1) is 9.46. The van der Waals surface area contributed by atoms with Crippen LogP contribution in [-0.4, -0.2) is 27.1 Å². The molecule has 4 N–H and O–H groups in total. The fourth-order valence-electron chi connectivity index (χ4n) is 1.51. The van der Waals surface area contributed by atoms with Gasteiger partial charge in [0.25, 0.3) is 10.0 Å². The van der Waals surface area contributed by atoms with E-state index in [9.17, 15) is 17.6 Å². The zero-order chi connectivity index (χ0) is 16.4. The van der Waals surface area contributed by atoms with Gasteiger partial charge in [-0.1, -0.05) is 0 Å². The second-order valence-electron chi connectivity index (χ2n) is 5.34. The highest BCUT2D eigenvalue weighted by atomic mass is 32.2. The second kappa shape index (κ2) is 5.76. The smallest absolute Gasteiger partial charge is 0.329 e. The van der Waals surface area contributed by atoms with Crippen LogP contribution in [0.3, 0.4) is 0 Å². The van der Waals surface area contributed by atoms with Crippen LogP contribution in [0.5, 0.6) is 5.75 Å². The van der Waals surface area contributed by atoms with Crippen molar-refractivity contribution >= 4 is 21.7 Å². The molecule has 2 amide bonds. The van der Waals surface area contributed by atoms with Crippen molar-refractivity contribution in [3.8, 4) is 5.75 Å². The molecule has 21 heavy (non-hydrogen) atoms. The fraction of sp³-hybridized carbons (Fsp3) is 0.417. The molecular weight excluding hydrogens is 301 g/mol. The summed E-state index contributed by atoms with van der Waals surface area (Å²) in [5, 5.41) is 2.42. The van der Waals surface area contributed by atoms with Gasteiger partial charge in [0.15, 0.2) is 11.6 Å². The van der Waals surface area contributed by atoms with Crippen molar-refractivity contribution in [2.24, 2.45) is 0 Å². The van der Waals surface area contributed by atoms with Crippen LogP contribution in [0.15, 0.2) is 17.0 Å². The highest BCUT2D eigenvalue weighted by Crippen LogP contribution is 2.28. The number of carbonyl (C=O) groups excluding carboxylic acids is 1. The summed E-state index contributed by atoms with van der Waals surface area (Å²) < 4.78 is 44.1. The van der Waals surface area contributed by atoms with Crippen molar-refractivity contribution in [1.82, 2.24) is 10.0 Å². The van der Waals surface area contributed by atoms with Crippen LogP contribution in [-0.2, 0) is 10.0 Å². The summed E-state index contributed by atoms with van der Waals surface area (Å²) >= 11 is 0. The molecule has 0 unspecified atom stereocenters. The summed E-state index contributed by atoms with van der Waals surface area (Å²) in [5.74, 6) is -1.19. The van der Waals surface area contributed by atoms with Gasteiger partial charge in [-0.3, -0.25) is 0 Å². The van der Waals surface area contributed by atoms with Crippen LogP contribution in [0.4, 0.5) is 14.9 Å². The van der Waals surface area contributed by atoms with Crippen LogP contribution >= 0.6 is 0 Å². The number of nitrogen functional groups attached to an aromatic ring is 1. The lowest BCUT2D eigenvalue weighted by Gasteiger charge is -2.20. The van der Waals surface area contributed by atoms with Gasteiger partial charge >= 0.3 is 6.03 Å². The van der Waals surface area contributed by atoms with Gasteiger partial charge in [0.05, 0.1) is 17.7 Å². The van der Waals surface area contributed by atoms with E-state index in [1.807, 2.05) is 0 Å². The third-order valence-corrected chi connectivity index (χ3v) is 3.59. The van der Waals surface area contributed by atoms with E-state index in [-0.39, 0.29) is 11.4 Å². The minimum atomic E-state index is -4.24. The standard InChI is InChI=1S/C12H18FN3O4S/c1-12(2,3)15-11(17)16-21(18,19)7-5-8(13)10(20-4)9(14)6-7/h5-6H,14H2,1-4H3,(H2,15,16,17). The lowest BCUT2D eigenvalue weighted by molar-refractivity contribution is 0.237. The van der Waals surface area contributed by atoms with Gasteiger partial charge < -0.3 is 15.8 Å². The molecule has 1 aromatic rings. The Morgan fingerprint density at radius 2 is 1.90 bits per heavy atom. The minimum Gasteiger partial charge on any atom is -0.492 e. The van der Waals surface area contributed by atoms with Crippen LogP contribution in [0.2, 0.25) is 0 Å². The Bertz CT molecular complexity index is 630. The number of amides is 2. The molecule has 0 saturated heterocycles. The summed E-state index contributed by atoms with van der Waals surface area (Å²) in [5.41, 5.74) is 4.70. The maximum atomic E-state index is 13.7. The largest absolute Gasteiger partial charge is 0.492 e. The Hall–Kier alpha value is -2.03. The molecule has 0 atom stereocenters. The van der Waals surface area contributed by atoms with Gasteiger partial charge in [0, 0.05) is 5.54 Å². The van der Waals surface area contributed by atoms with Crippen LogP contribution < -0.4 is 20.5 Å². The summed E-state index contributed by atoms with van der Waals surface area (Å²) in [7, 11) is -3.03. The maximum absolute atomic E-state index is 13.7.